The molecule has 0 radical (unpaired) electrons. The zero-order valence-electron chi connectivity index (χ0n) is 23.2. The highest BCUT2D eigenvalue weighted by atomic mass is 16.5. The average Bonchev–Trinajstić information content (AvgIpc) is 3.29. The largest absolute Gasteiger partial charge is 0.491 e. The van der Waals surface area contributed by atoms with Gasteiger partial charge in [0.1, 0.15) is 29.6 Å². The van der Waals surface area contributed by atoms with Crippen molar-refractivity contribution in [2.45, 2.75) is 63.3 Å². The molecule has 0 spiro atoms. The zero-order valence-corrected chi connectivity index (χ0v) is 23.2. The number of urea groups is 1. The van der Waals surface area contributed by atoms with Crippen molar-refractivity contribution in [1.29, 1.82) is 0 Å². The fraction of sp³-hybridized carbons (Fsp3) is 0.500. The van der Waals surface area contributed by atoms with Crippen molar-refractivity contribution >= 4 is 47.1 Å². The molecular formula is C28H38N8O5. The van der Waals surface area contributed by atoms with E-state index in [1.165, 1.54) is 19.0 Å². The van der Waals surface area contributed by atoms with Crippen molar-refractivity contribution in [3.63, 3.8) is 0 Å². The van der Waals surface area contributed by atoms with Crippen LogP contribution in [0, 0.1) is 0 Å². The number of hydrogen-bond acceptors (Lipinski definition) is 9. The first kappa shape index (κ1) is 29.7. The van der Waals surface area contributed by atoms with Crippen LogP contribution in [-0.2, 0) is 9.59 Å². The van der Waals surface area contributed by atoms with Gasteiger partial charge in [-0.15, -0.1) is 0 Å². The molecule has 0 bridgehead atoms. The van der Waals surface area contributed by atoms with E-state index in [0.717, 1.165) is 38.6 Å². The van der Waals surface area contributed by atoms with Gasteiger partial charge in [0.05, 0.1) is 23.5 Å². The number of carboxylic acid groups (broad SMARTS) is 1. The van der Waals surface area contributed by atoms with Crippen molar-refractivity contribution in [2.24, 2.45) is 4.99 Å². The van der Waals surface area contributed by atoms with Crippen LogP contribution in [0.4, 0.5) is 27.8 Å². The van der Waals surface area contributed by atoms with E-state index < -0.39 is 11.9 Å². The fourth-order valence-corrected chi connectivity index (χ4v) is 4.84. The predicted molar refractivity (Wildman–Crippen MR) is 156 cm³/mol. The highest BCUT2D eigenvalue weighted by Gasteiger charge is 2.33. The van der Waals surface area contributed by atoms with E-state index in [4.69, 9.17) is 9.84 Å². The molecule has 13 heteroatoms. The number of carbonyl (C=O) groups is 3. The number of benzene rings is 1. The van der Waals surface area contributed by atoms with Crippen LogP contribution in [0.1, 0.15) is 62.8 Å². The molecule has 41 heavy (non-hydrogen) atoms. The van der Waals surface area contributed by atoms with Crippen molar-refractivity contribution < 1.29 is 24.2 Å². The fourth-order valence-electron chi connectivity index (χ4n) is 4.84. The number of fused-ring (bicyclic) bond motifs is 1. The Kier molecular flexibility index (Phi) is 10.8. The Morgan fingerprint density at radius 2 is 2.00 bits per heavy atom. The summed E-state index contributed by atoms with van der Waals surface area (Å²) in [5.41, 5.74) is 1.57. The highest BCUT2D eigenvalue weighted by Crippen LogP contribution is 2.35. The summed E-state index contributed by atoms with van der Waals surface area (Å²) < 4.78 is 5.86. The average molecular weight is 567 g/mol. The molecule has 1 saturated carbocycles. The summed E-state index contributed by atoms with van der Waals surface area (Å²) in [4.78, 5) is 49.5. The topological polar surface area (TPSA) is 179 Å². The number of aromatic nitrogens is 2. The summed E-state index contributed by atoms with van der Waals surface area (Å²) in [6.45, 7) is 1.67. The minimum absolute atomic E-state index is 0.0353. The molecule has 13 nitrogen and oxygen atoms in total. The molecule has 1 aliphatic heterocycles. The third kappa shape index (κ3) is 8.61. The standard InChI is InChI=1S/C28H38N8O5/c1-29-12-6-13-30-25-24-20(27(39)36-26(24)33-17-32-25)16-31-19-10-11-21(22(15-19)41-14-5-9-23(37)38)35-28(40)34-18-7-3-2-4-8-18/h10-11,15-18,20,29H,2-9,12-14H2,1H3,(H,37,38)(H2,34,35,40)(H2,30,32,33,36,39). The van der Waals surface area contributed by atoms with Crippen molar-refractivity contribution in [3.05, 3.63) is 30.1 Å². The van der Waals surface area contributed by atoms with Gasteiger partial charge in [-0.25, -0.2) is 14.8 Å². The molecule has 1 aliphatic carbocycles. The second-order valence-corrected chi connectivity index (χ2v) is 10.1. The molecule has 3 amide bonds. The number of nitrogens with one attached hydrogen (secondary N) is 5. The Morgan fingerprint density at radius 1 is 1.17 bits per heavy atom. The number of aliphatic carboxylic acids is 1. The molecule has 6 N–H and O–H groups in total. The van der Waals surface area contributed by atoms with E-state index >= 15 is 0 Å². The van der Waals surface area contributed by atoms with Crippen molar-refractivity contribution in [1.82, 2.24) is 20.6 Å². The smallest absolute Gasteiger partial charge is 0.319 e. The number of aliphatic imine (C=N–C) groups is 1. The van der Waals surface area contributed by atoms with Crippen LogP contribution in [0.3, 0.4) is 0 Å². The van der Waals surface area contributed by atoms with Crippen LogP contribution in [0.2, 0.25) is 0 Å². The SMILES string of the molecule is CNCCCNc1ncnc2c1C(C=Nc1ccc(NC(=O)NC3CCCCC3)c(OCCCC(=O)O)c1)C(=O)N2. The molecule has 0 saturated heterocycles. The first-order valence-corrected chi connectivity index (χ1v) is 14.1. The maximum absolute atomic E-state index is 12.8. The summed E-state index contributed by atoms with van der Waals surface area (Å²) in [6.07, 6.45) is 9.38. The van der Waals surface area contributed by atoms with Crippen LogP contribution < -0.4 is 31.3 Å². The first-order valence-electron chi connectivity index (χ1n) is 14.1. The van der Waals surface area contributed by atoms with Gasteiger partial charge in [0.25, 0.3) is 0 Å². The van der Waals surface area contributed by atoms with Crippen LogP contribution >= 0.6 is 0 Å². The Labute approximate surface area is 239 Å². The number of ether oxygens (including phenoxy) is 1. The number of anilines is 3. The molecule has 1 aromatic carbocycles. The van der Waals surface area contributed by atoms with Gasteiger partial charge in [0.2, 0.25) is 5.91 Å². The molecular weight excluding hydrogens is 528 g/mol. The lowest BCUT2D eigenvalue weighted by molar-refractivity contribution is -0.137. The van der Waals surface area contributed by atoms with E-state index in [1.807, 2.05) is 7.05 Å². The Balaban J connectivity index is 1.49. The van der Waals surface area contributed by atoms with Crippen LogP contribution in [0.15, 0.2) is 29.5 Å². The van der Waals surface area contributed by atoms with E-state index in [0.29, 0.717) is 47.3 Å². The molecule has 1 fully saturated rings. The number of nitrogens with zero attached hydrogens (tertiary/aromatic N) is 3. The minimum atomic E-state index is -0.910. The molecule has 1 aromatic heterocycles. The Morgan fingerprint density at radius 3 is 2.78 bits per heavy atom. The Bertz CT molecular complexity index is 1250. The van der Waals surface area contributed by atoms with E-state index in [9.17, 15) is 14.4 Å². The van der Waals surface area contributed by atoms with Gasteiger partial charge in [-0.2, -0.15) is 0 Å². The maximum Gasteiger partial charge on any atom is 0.319 e. The Hall–Kier alpha value is -4.26. The lowest BCUT2D eigenvalue weighted by Crippen LogP contribution is -2.39. The van der Waals surface area contributed by atoms with Gasteiger partial charge in [0, 0.05) is 31.3 Å². The minimum Gasteiger partial charge on any atom is -0.491 e. The molecule has 1 unspecified atom stereocenters. The van der Waals surface area contributed by atoms with Gasteiger partial charge in [0.15, 0.2) is 0 Å². The summed E-state index contributed by atoms with van der Waals surface area (Å²) in [7, 11) is 1.89. The third-order valence-electron chi connectivity index (χ3n) is 6.93. The quantitative estimate of drug-likeness (QED) is 0.147. The van der Waals surface area contributed by atoms with Crippen LogP contribution in [0.25, 0.3) is 0 Å². The monoisotopic (exact) mass is 566 g/mol. The third-order valence-corrected chi connectivity index (χ3v) is 6.93. The normalized spacial score (nSPS) is 16.7. The summed E-state index contributed by atoms with van der Waals surface area (Å²) in [5, 5.41) is 24.0. The van der Waals surface area contributed by atoms with Crippen molar-refractivity contribution in [2.75, 3.05) is 42.7 Å². The summed E-state index contributed by atoms with van der Waals surface area (Å²) >= 11 is 0. The lowest BCUT2D eigenvalue weighted by Gasteiger charge is -2.23. The van der Waals surface area contributed by atoms with E-state index in [1.54, 1.807) is 18.2 Å². The highest BCUT2D eigenvalue weighted by molar-refractivity contribution is 6.13. The number of hydrogen-bond donors (Lipinski definition) is 6. The lowest BCUT2D eigenvalue weighted by atomic mass is 9.96. The van der Waals surface area contributed by atoms with Gasteiger partial charge >= 0.3 is 12.0 Å². The number of carbonyl (C=O) groups excluding carboxylic acids is 2. The second-order valence-electron chi connectivity index (χ2n) is 10.1. The summed E-state index contributed by atoms with van der Waals surface area (Å²) in [6, 6.07) is 4.86. The van der Waals surface area contributed by atoms with Crippen LogP contribution in [-0.4, -0.2) is 72.0 Å². The predicted octanol–water partition coefficient (Wildman–Crippen LogP) is 3.63. The number of rotatable bonds is 14. The van der Waals surface area contributed by atoms with Crippen LogP contribution in [0.5, 0.6) is 5.75 Å². The maximum atomic E-state index is 12.8. The van der Waals surface area contributed by atoms with E-state index in [2.05, 4.69) is 41.5 Å². The van der Waals surface area contributed by atoms with Gasteiger partial charge in [-0.3, -0.25) is 14.6 Å². The first-order chi connectivity index (χ1) is 19.9. The van der Waals surface area contributed by atoms with Crippen molar-refractivity contribution in [3.8, 4) is 5.75 Å². The van der Waals surface area contributed by atoms with Gasteiger partial charge in [-0.05, 0) is 51.4 Å². The van der Waals surface area contributed by atoms with E-state index in [-0.39, 0.29) is 31.0 Å². The number of amides is 3. The van der Waals surface area contributed by atoms with Gasteiger partial charge in [-0.1, -0.05) is 19.3 Å². The zero-order chi connectivity index (χ0) is 29.0. The molecule has 2 heterocycles. The molecule has 1 atom stereocenters. The molecule has 4 rings (SSSR count). The van der Waals surface area contributed by atoms with Gasteiger partial charge < -0.3 is 36.4 Å². The number of carboxylic acids is 1. The molecule has 2 aromatic rings. The molecule has 2 aliphatic rings. The molecule has 220 valence electrons. The summed E-state index contributed by atoms with van der Waals surface area (Å²) in [5.74, 6) is -0.486. The second kappa shape index (κ2) is 14.9.